The Kier molecular flexibility index (Phi) is 3.98. The quantitative estimate of drug-likeness (QED) is 0.360. The number of carbonyl (C=O) groups excluding carboxylic acids is 1. The number of anilines is 1. The summed E-state index contributed by atoms with van der Waals surface area (Å²) in [6.07, 6.45) is 0.946. The Bertz CT molecular complexity index is 1380. The second kappa shape index (κ2) is 6.67. The van der Waals surface area contributed by atoms with Gasteiger partial charge in [-0.25, -0.2) is 0 Å². The van der Waals surface area contributed by atoms with Crippen LogP contribution in [0.4, 0.5) is 5.69 Å². The number of aromatic hydroxyl groups is 1. The van der Waals surface area contributed by atoms with E-state index in [1.807, 2.05) is 48.5 Å². The molecule has 1 amide bonds. The van der Waals surface area contributed by atoms with Gasteiger partial charge in [0.05, 0.1) is 11.1 Å². The van der Waals surface area contributed by atoms with Crippen LogP contribution in [0.25, 0.3) is 32.6 Å². The van der Waals surface area contributed by atoms with E-state index in [4.69, 9.17) is 0 Å². The number of hydrogen-bond acceptors (Lipinski definition) is 2. The van der Waals surface area contributed by atoms with Crippen LogP contribution in [0, 0.1) is 0 Å². The first kappa shape index (κ1) is 17.3. The Hall–Kier alpha value is -3.79. The summed E-state index contributed by atoms with van der Waals surface area (Å²) in [5, 5.41) is 17.5. The number of fused-ring (bicyclic) bond motifs is 5. The maximum atomic E-state index is 12.8. The molecular formula is C25H20N2O2. The SMILES string of the molecule is CCc1ccc(NC(=O)c2cc3ccc4c5ccccc5[nH]c4c3cc2O)cc1. The van der Waals surface area contributed by atoms with E-state index in [9.17, 15) is 9.90 Å². The van der Waals surface area contributed by atoms with Gasteiger partial charge in [0, 0.05) is 27.4 Å². The van der Waals surface area contributed by atoms with Gasteiger partial charge in [-0.2, -0.15) is 0 Å². The standard InChI is InChI=1S/C25H20N2O2/c1-2-15-7-10-17(11-8-15)26-25(29)21-13-16-9-12-19-18-5-3-4-6-22(18)27-24(19)20(16)14-23(21)28/h3-14,27-28H,2H2,1H3,(H,26,29). The Balaban J connectivity index is 1.57. The highest BCUT2D eigenvalue weighted by atomic mass is 16.3. The predicted molar refractivity (Wildman–Crippen MR) is 119 cm³/mol. The average Bonchev–Trinajstić information content (AvgIpc) is 3.13. The van der Waals surface area contributed by atoms with Gasteiger partial charge in [0.1, 0.15) is 5.75 Å². The van der Waals surface area contributed by atoms with Crippen molar-refractivity contribution in [1.82, 2.24) is 4.98 Å². The molecule has 3 N–H and O–H groups in total. The average molecular weight is 380 g/mol. The fraction of sp³-hybridized carbons (Fsp3) is 0.0800. The van der Waals surface area contributed by atoms with E-state index in [-0.39, 0.29) is 17.2 Å². The minimum atomic E-state index is -0.328. The number of rotatable bonds is 3. The second-order valence-electron chi connectivity index (χ2n) is 7.25. The maximum absolute atomic E-state index is 12.8. The molecular weight excluding hydrogens is 360 g/mol. The van der Waals surface area contributed by atoms with E-state index in [2.05, 4.69) is 29.4 Å². The van der Waals surface area contributed by atoms with Gasteiger partial charge in [0.15, 0.2) is 0 Å². The first-order chi connectivity index (χ1) is 14.1. The highest BCUT2D eigenvalue weighted by Crippen LogP contribution is 2.34. The van der Waals surface area contributed by atoms with Crippen molar-refractivity contribution in [2.75, 3.05) is 5.32 Å². The number of aromatic amines is 1. The molecule has 1 heterocycles. The lowest BCUT2D eigenvalue weighted by atomic mass is 10.0. The topological polar surface area (TPSA) is 65.1 Å². The highest BCUT2D eigenvalue weighted by Gasteiger charge is 2.15. The monoisotopic (exact) mass is 380 g/mol. The molecule has 0 fully saturated rings. The van der Waals surface area contributed by atoms with Crippen LogP contribution in [-0.2, 0) is 6.42 Å². The Morgan fingerprint density at radius 3 is 2.52 bits per heavy atom. The summed E-state index contributed by atoms with van der Waals surface area (Å²) in [5.74, 6) is -0.364. The van der Waals surface area contributed by atoms with Gasteiger partial charge >= 0.3 is 0 Å². The van der Waals surface area contributed by atoms with Gasteiger partial charge < -0.3 is 15.4 Å². The van der Waals surface area contributed by atoms with E-state index in [1.54, 1.807) is 12.1 Å². The molecule has 0 bridgehead atoms. The molecule has 0 saturated carbocycles. The van der Waals surface area contributed by atoms with E-state index in [0.29, 0.717) is 5.69 Å². The summed E-state index contributed by atoms with van der Waals surface area (Å²) >= 11 is 0. The number of carbonyl (C=O) groups is 1. The number of phenolic OH excluding ortho intramolecular Hbond substituents is 1. The van der Waals surface area contributed by atoms with E-state index in [1.165, 1.54) is 5.56 Å². The van der Waals surface area contributed by atoms with Crippen LogP contribution in [0.2, 0.25) is 0 Å². The van der Waals surface area contributed by atoms with Crippen molar-refractivity contribution in [3.05, 3.63) is 83.9 Å². The third kappa shape index (κ3) is 2.90. The zero-order valence-corrected chi connectivity index (χ0v) is 16.0. The molecule has 4 aromatic carbocycles. The summed E-state index contributed by atoms with van der Waals surface area (Å²) in [4.78, 5) is 16.2. The van der Waals surface area contributed by atoms with Crippen molar-refractivity contribution in [2.45, 2.75) is 13.3 Å². The molecule has 0 radical (unpaired) electrons. The fourth-order valence-corrected chi connectivity index (χ4v) is 3.89. The van der Waals surface area contributed by atoms with Crippen LogP contribution in [0.3, 0.4) is 0 Å². The molecule has 0 atom stereocenters. The van der Waals surface area contributed by atoms with Crippen molar-refractivity contribution >= 4 is 44.2 Å². The summed E-state index contributed by atoms with van der Waals surface area (Å²) in [6, 6.07) is 23.3. The van der Waals surface area contributed by atoms with Crippen molar-refractivity contribution < 1.29 is 9.90 Å². The number of para-hydroxylation sites is 1. The first-order valence-corrected chi connectivity index (χ1v) is 9.70. The third-order valence-corrected chi connectivity index (χ3v) is 5.48. The Morgan fingerprint density at radius 2 is 1.72 bits per heavy atom. The lowest BCUT2D eigenvalue weighted by Crippen LogP contribution is -2.12. The zero-order chi connectivity index (χ0) is 20.0. The first-order valence-electron chi connectivity index (χ1n) is 9.70. The van der Waals surface area contributed by atoms with Crippen LogP contribution in [0.1, 0.15) is 22.8 Å². The molecule has 0 saturated heterocycles. The number of aromatic nitrogens is 1. The van der Waals surface area contributed by atoms with E-state index >= 15 is 0 Å². The summed E-state index contributed by atoms with van der Waals surface area (Å²) in [5.41, 5.74) is 4.18. The van der Waals surface area contributed by atoms with Gasteiger partial charge in [-0.05, 0) is 47.7 Å². The number of phenols is 1. The lowest BCUT2D eigenvalue weighted by molar-refractivity contribution is 0.102. The molecule has 0 unspecified atom stereocenters. The van der Waals surface area contributed by atoms with Crippen molar-refractivity contribution in [2.24, 2.45) is 0 Å². The van der Waals surface area contributed by atoms with Gasteiger partial charge in [-0.15, -0.1) is 0 Å². The molecule has 0 aliphatic heterocycles. The van der Waals surface area contributed by atoms with Crippen LogP contribution in [-0.4, -0.2) is 16.0 Å². The van der Waals surface area contributed by atoms with E-state index < -0.39 is 0 Å². The van der Waals surface area contributed by atoms with Crippen molar-refractivity contribution in [1.29, 1.82) is 0 Å². The number of benzene rings is 4. The van der Waals surface area contributed by atoms with Crippen molar-refractivity contribution in [3.8, 4) is 5.75 Å². The summed E-state index contributed by atoms with van der Waals surface area (Å²) < 4.78 is 0. The number of hydrogen-bond donors (Lipinski definition) is 3. The smallest absolute Gasteiger partial charge is 0.259 e. The molecule has 5 rings (SSSR count). The van der Waals surface area contributed by atoms with Gasteiger partial charge in [-0.1, -0.05) is 49.4 Å². The van der Waals surface area contributed by atoms with Gasteiger partial charge in [-0.3, -0.25) is 4.79 Å². The molecule has 0 aliphatic carbocycles. The fourth-order valence-electron chi connectivity index (χ4n) is 3.89. The summed E-state index contributed by atoms with van der Waals surface area (Å²) in [6.45, 7) is 2.09. The lowest BCUT2D eigenvalue weighted by Gasteiger charge is -2.10. The number of amides is 1. The van der Waals surface area contributed by atoms with Gasteiger partial charge in [0.25, 0.3) is 5.91 Å². The highest BCUT2D eigenvalue weighted by molar-refractivity contribution is 6.18. The molecule has 1 aromatic heterocycles. The van der Waals surface area contributed by atoms with E-state index in [0.717, 1.165) is 39.0 Å². The Morgan fingerprint density at radius 1 is 0.931 bits per heavy atom. The van der Waals surface area contributed by atoms with Crippen LogP contribution < -0.4 is 5.32 Å². The number of H-pyrrole nitrogens is 1. The van der Waals surface area contributed by atoms with Gasteiger partial charge in [0.2, 0.25) is 0 Å². The third-order valence-electron chi connectivity index (χ3n) is 5.48. The molecule has 5 aromatic rings. The van der Waals surface area contributed by atoms with Crippen molar-refractivity contribution in [3.63, 3.8) is 0 Å². The Labute approximate surface area is 167 Å². The maximum Gasteiger partial charge on any atom is 0.259 e. The molecule has 4 nitrogen and oxygen atoms in total. The molecule has 0 spiro atoms. The summed E-state index contributed by atoms with van der Waals surface area (Å²) in [7, 11) is 0. The second-order valence-corrected chi connectivity index (χ2v) is 7.25. The van der Waals surface area contributed by atoms with Crippen LogP contribution >= 0.6 is 0 Å². The molecule has 29 heavy (non-hydrogen) atoms. The minimum Gasteiger partial charge on any atom is -0.507 e. The number of nitrogens with one attached hydrogen (secondary N) is 2. The van der Waals surface area contributed by atoms with Crippen LogP contribution in [0.5, 0.6) is 5.75 Å². The number of aryl methyl sites for hydroxylation is 1. The zero-order valence-electron chi connectivity index (χ0n) is 16.0. The normalized spacial score (nSPS) is 11.3. The molecule has 4 heteroatoms. The molecule has 142 valence electrons. The minimum absolute atomic E-state index is 0.0358. The largest absolute Gasteiger partial charge is 0.507 e. The predicted octanol–water partition coefficient (Wildman–Crippen LogP) is 5.99. The van der Waals surface area contributed by atoms with Crippen LogP contribution in [0.15, 0.2) is 72.8 Å². The molecule has 0 aliphatic rings.